The molecule has 0 saturated heterocycles. The number of benzene rings is 1. The SMILES string of the molecule is Cc1ccc(Nc2ncc(C(F)(F)F)c(C)n2)cc1. The van der Waals surface area contributed by atoms with Gasteiger partial charge in [0.15, 0.2) is 0 Å². The maximum Gasteiger partial charge on any atom is 0.419 e. The maximum absolute atomic E-state index is 12.6. The lowest BCUT2D eigenvalue weighted by Crippen LogP contribution is -2.11. The van der Waals surface area contributed by atoms with Gasteiger partial charge >= 0.3 is 6.18 Å². The Morgan fingerprint density at radius 2 is 1.68 bits per heavy atom. The molecular formula is C13H12F3N3. The zero-order chi connectivity index (χ0) is 14.0. The number of anilines is 2. The second kappa shape index (κ2) is 4.87. The molecule has 2 rings (SSSR count). The standard InChI is InChI=1S/C13H12F3N3/c1-8-3-5-10(6-4-8)19-12-17-7-11(9(2)18-12)13(14,15)16/h3-7H,1-2H3,(H,17,18,19). The molecule has 0 saturated carbocycles. The predicted octanol–water partition coefficient (Wildman–Crippen LogP) is 3.86. The summed E-state index contributed by atoms with van der Waals surface area (Å²) in [7, 11) is 0. The number of rotatable bonds is 2. The Balaban J connectivity index is 2.23. The van der Waals surface area contributed by atoms with Crippen LogP contribution in [0.1, 0.15) is 16.8 Å². The van der Waals surface area contributed by atoms with E-state index >= 15 is 0 Å². The third-order valence-corrected chi connectivity index (χ3v) is 2.59. The molecule has 6 heteroatoms. The van der Waals surface area contributed by atoms with Crippen LogP contribution in [0.15, 0.2) is 30.5 Å². The van der Waals surface area contributed by atoms with Gasteiger partial charge in [0, 0.05) is 11.9 Å². The molecule has 0 aliphatic carbocycles. The Morgan fingerprint density at radius 3 is 2.21 bits per heavy atom. The lowest BCUT2D eigenvalue weighted by molar-refractivity contribution is -0.138. The molecule has 0 spiro atoms. The number of halogens is 3. The maximum atomic E-state index is 12.6. The highest BCUT2D eigenvalue weighted by Gasteiger charge is 2.33. The highest BCUT2D eigenvalue weighted by Crippen LogP contribution is 2.30. The van der Waals surface area contributed by atoms with E-state index in [9.17, 15) is 13.2 Å². The van der Waals surface area contributed by atoms with Gasteiger partial charge in [-0.05, 0) is 26.0 Å². The van der Waals surface area contributed by atoms with Gasteiger partial charge in [-0.2, -0.15) is 13.2 Å². The van der Waals surface area contributed by atoms with Crippen molar-refractivity contribution in [2.45, 2.75) is 20.0 Å². The summed E-state index contributed by atoms with van der Waals surface area (Å²) in [5.41, 5.74) is 0.902. The normalized spacial score (nSPS) is 11.4. The summed E-state index contributed by atoms with van der Waals surface area (Å²) in [5, 5.41) is 2.86. The van der Waals surface area contributed by atoms with E-state index in [2.05, 4.69) is 15.3 Å². The fourth-order valence-corrected chi connectivity index (χ4v) is 1.57. The highest BCUT2D eigenvalue weighted by molar-refractivity contribution is 5.53. The van der Waals surface area contributed by atoms with E-state index in [0.29, 0.717) is 0 Å². The van der Waals surface area contributed by atoms with Crippen molar-refractivity contribution >= 4 is 11.6 Å². The van der Waals surface area contributed by atoms with Crippen LogP contribution in [-0.4, -0.2) is 9.97 Å². The van der Waals surface area contributed by atoms with Gasteiger partial charge in [-0.15, -0.1) is 0 Å². The summed E-state index contributed by atoms with van der Waals surface area (Å²) in [4.78, 5) is 7.50. The number of nitrogens with zero attached hydrogens (tertiary/aromatic N) is 2. The molecule has 0 unspecified atom stereocenters. The Kier molecular flexibility index (Phi) is 3.42. The number of hydrogen-bond acceptors (Lipinski definition) is 3. The van der Waals surface area contributed by atoms with Gasteiger partial charge < -0.3 is 5.32 Å². The molecule has 2 aromatic rings. The van der Waals surface area contributed by atoms with Crippen LogP contribution >= 0.6 is 0 Å². The second-order valence-corrected chi connectivity index (χ2v) is 4.18. The number of hydrogen-bond donors (Lipinski definition) is 1. The van der Waals surface area contributed by atoms with Crippen LogP contribution in [-0.2, 0) is 6.18 Å². The van der Waals surface area contributed by atoms with Crippen molar-refractivity contribution in [3.05, 3.63) is 47.3 Å². The fourth-order valence-electron chi connectivity index (χ4n) is 1.57. The molecule has 0 bridgehead atoms. The molecule has 0 fully saturated rings. The predicted molar refractivity (Wildman–Crippen MR) is 66.2 cm³/mol. The Bertz CT molecular complexity index is 577. The van der Waals surface area contributed by atoms with Crippen LogP contribution in [0.4, 0.5) is 24.8 Å². The van der Waals surface area contributed by atoms with Gasteiger partial charge in [-0.3, -0.25) is 0 Å². The van der Waals surface area contributed by atoms with Gasteiger partial charge in [0.1, 0.15) is 0 Å². The van der Waals surface area contributed by atoms with E-state index in [1.807, 2.05) is 31.2 Å². The summed E-state index contributed by atoms with van der Waals surface area (Å²) in [6.07, 6.45) is -3.63. The van der Waals surface area contributed by atoms with E-state index in [1.54, 1.807) is 0 Å². The van der Waals surface area contributed by atoms with Gasteiger partial charge in [0.25, 0.3) is 0 Å². The molecule has 100 valence electrons. The summed E-state index contributed by atoms with van der Waals surface area (Å²) >= 11 is 0. The van der Waals surface area contributed by atoms with Gasteiger partial charge in [-0.25, -0.2) is 9.97 Å². The van der Waals surface area contributed by atoms with Crippen molar-refractivity contribution in [2.75, 3.05) is 5.32 Å². The van der Waals surface area contributed by atoms with Crippen molar-refractivity contribution in [3.63, 3.8) is 0 Å². The first-order valence-electron chi connectivity index (χ1n) is 5.61. The van der Waals surface area contributed by atoms with E-state index in [1.165, 1.54) is 6.92 Å². The van der Waals surface area contributed by atoms with Crippen molar-refractivity contribution < 1.29 is 13.2 Å². The zero-order valence-electron chi connectivity index (χ0n) is 10.4. The first-order valence-corrected chi connectivity index (χ1v) is 5.61. The monoisotopic (exact) mass is 267 g/mol. The largest absolute Gasteiger partial charge is 0.419 e. The number of nitrogens with one attached hydrogen (secondary N) is 1. The lowest BCUT2D eigenvalue weighted by Gasteiger charge is -2.11. The van der Waals surface area contributed by atoms with Crippen LogP contribution in [0.3, 0.4) is 0 Å². The molecule has 1 N–H and O–H groups in total. The average Bonchev–Trinajstić information content (AvgIpc) is 2.30. The quantitative estimate of drug-likeness (QED) is 0.897. The van der Waals surface area contributed by atoms with Crippen molar-refractivity contribution in [1.82, 2.24) is 9.97 Å². The molecule has 0 aliphatic heterocycles. The fraction of sp³-hybridized carbons (Fsp3) is 0.231. The first kappa shape index (κ1) is 13.3. The lowest BCUT2D eigenvalue weighted by atomic mass is 10.2. The first-order chi connectivity index (χ1) is 8.86. The number of aryl methyl sites for hydroxylation is 2. The summed E-state index contributed by atoms with van der Waals surface area (Å²) in [5.74, 6) is 0.148. The Morgan fingerprint density at radius 1 is 1.05 bits per heavy atom. The van der Waals surface area contributed by atoms with Crippen LogP contribution in [0.25, 0.3) is 0 Å². The van der Waals surface area contributed by atoms with E-state index in [-0.39, 0.29) is 11.6 Å². The highest BCUT2D eigenvalue weighted by atomic mass is 19.4. The van der Waals surface area contributed by atoms with Gasteiger partial charge in [0.2, 0.25) is 5.95 Å². The third-order valence-electron chi connectivity index (χ3n) is 2.59. The van der Waals surface area contributed by atoms with Crippen LogP contribution in [0, 0.1) is 13.8 Å². The van der Waals surface area contributed by atoms with E-state index in [0.717, 1.165) is 17.4 Å². The molecule has 1 heterocycles. The van der Waals surface area contributed by atoms with E-state index < -0.39 is 11.7 Å². The molecule has 0 radical (unpaired) electrons. The minimum absolute atomic E-state index is 0.0999. The molecule has 0 amide bonds. The molecule has 0 atom stereocenters. The molecule has 1 aromatic carbocycles. The smallest absolute Gasteiger partial charge is 0.324 e. The number of alkyl halides is 3. The molecule has 19 heavy (non-hydrogen) atoms. The van der Waals surface area contributed by atoms with E-state index in [4.69, 9.17) is 0 Å². The number of aromatic nitrogens is 2. The molecule has 3 nitrogen and oxygen atoms in total. The van der Waals surface area contributed by atoms with Gasteiger partial charge in [0.05, 0.1) is 11.3 Å². The van der Waals surface area contributed by atoms with Crippen molar-refractivity contribution in [3.8, 4) is 0 Å². The van der Waals surface area contributed by atoms with Crippen LogP contribution in [0.5, 0.6) is 0 Å². The minimum atomic E-state index is -4.42. The summed E-state index contributed by atoms with van der Waals surface area (Å²) in [6, 6.07) is 7.40. The molecular weight excluding hydrogens is 255 g/mol. The Labute approximate surface area is 108 Å². The summed E-state index contributed by atoms with van der Waals surface area (Å²) in [6.45, 7) is 3.26. The van der Waals surface area contributed by atoms with Gasteiger partial charge in [-0.1, -0.05) is 17.7 Å². The molecule has 0 aliphatic rings. The second-order valence-electron chi connectivity index (χ2n) is 4.18. The average molecular weight is 267 g/mol. The Hall–Kier alpha value is -2.11. The van der Waals surface area contributed by atoms with Crippen LogP contribution in [0.2, 0.25) is 0 Å². The minimum Gasteiger partial charge on any atom is -0.324 e. The molecule has 1 aromatic heterocycles. The summed E-state index contributed by atoms with van der Waals surface area (Å²) < 4.78 is 37.7. The van der Waals surface area contributed by atoms with Crippen molar-refractivity contribution in [2.24, 2.45) is 0 Å². The van der Waals surface area contributed by atoms with Crippen LogP contribution < -0.4 is 5.32 Å². The van der Waals surface area contributed by atoms with Crippen molar-refractivity contribution in [1.29, 1.82) is 0 Å². The zero-order valence-corrected chi connectivity index (χ0v) is 10.4. The third kappa shape index (κ3) is 3.21. The topological polar surface area (TPSA) is 37.8 Å².